The van der Waals surface area contributed by atoms with Gasteiger partial charge in [0, 0.05) is 30.1 Å². The minimum absolute atomic E-state index is 0.364. The molecule has 0 spiro atoms. The predicted octanol–water partition coefficient (Wildman–Crippen LogP) is 3.09. The fourth-order valence-corrected chi connectivity index (χ4v) is 1.99. The molecule has 0 saturated heterocycles. The van der Waals surface area contributed by atoms with Crippen molar-refractivity contribution in [1.29, 1.82) is 0 Å². The van der Waals surface area contributed by atoms with Gasteiger partial charge < -0.3 is 5.32 Å². The predicted molar refractivity (Wildman–Crippen MR) is 73.5 cm³/mol. The van der Waals surface area contributed by atoms with Crippen LogP contribution in [0.4, 0.5) is 5.82 Å². The van der Waals surface area contributed by atoms with E-state index >= 15 is 0 Å². The van der Waals surface area contributed by atoms with Gasteiger partial charge in [-0.25, -0.2) is 9.97 Å². The smallest absolute Gasteiger partial charge is 0.133 e. The average Bonchev–Trinajstić information content (AvgIpc) is 2.39. The van der Waals surface area contributed by atoms with E-state index in [0.717, 1.165) is 29.2 Å². The number of anilines is 1. The highest BCUT2D eigenvalue weighted by Gasteiger charge is 2.15. The molecule has 0 aliphatic heterocycles. The van der Waals surface area contributed by atoms with Crippen LogP contribution in [0, 0.1) is 0 Å². The minimum atomic E-state index is 0.364. The second kappa shape index (κ2) is 5.58. The lowest BCUT2D eigenvalue weighted by atomic mass is 9.98. The molecule has 0 atom stereocenters. The molecule has 2 aromatic rings. The van der Waals surface area contributed by atoms with Gasteiger partial charge in [0.15, 0.2) is 0 Å². The Balaban J connectivity index is 2.56. The van der Waals surface area contributed by atoms with Crippen LogP contribution in [0.5, 0.6) is 0 Å². The molecule has 94 valence electrons. The first-order valence-electron chi connectivity index (χ1n) is 6.23. The van der Waals surface area contributed by atoms with Crippen molar-refractivity contribution >= 4 is 5.82 Å². The number of pyridine rings is 1. The zero-order valence-electron chi connectivity index (χ0n) is 11.0. The Bertz CT molecular complexity index is 508. The van der Waals surface area contributed by atoms with Crippen molar-refractivity contribution in [1.82, 2.24) is 15.0 Å². The van der Waals surface area contributed by atoms with E-state index in [4.69, 9.17) is 0 Å². The molecule has 2 rings (SSSR count). The number of hydrogen-bond acceptors (Lipinski definition) is 4. The molecule has 0 amide bonds. The molecule has 0 unspecified atom stereocenters. The third kappa shape index (κ3) is 2.47. The molecule has 0 saturated carbocycles. The molecule has 0 aliphatic rings. The molecule has 2 aromatic heterocycles. The Kier molecular flexibility index (Phi) is 3.87. The maximum atomic E-state index is 4.43. The molecule has 4 heteroatoms. The van der Waals surface area contributed by atoms with Crippen LogP contribution < -0.4 is 5.32 Å². The molecule has 18 heavy (non-hydrogen) atoms. The summed E-state index contributed by atoms with van der Waals surface area (Å²) in [5.74, 6) is 1.29. The van der Waals surface area contributed by atoms with E-state index in [1.807, 2.05) is 12.1 Å². The van der Waals surface area contributed by atoms with Crippen molar-refractivity contribution < 1.29 is 0 Å². The number of rotatable bonds is 4. The molecular weight excluding hydrogens is 224 g/mol. The summed E-state index contributed by atoms with van der Waals surface area (Å²) < 4.78 is 0. The molecular formula is C14H18N4. The Labute approximate surface area is 108 Å². The second-order valence-electron chi connectivity index (χ2n) is 4.41. The summed E-state index contributed by atoms with van der Waals surface area (Å²) in [6.07, 6.45) is 5.18. The summed E-state index contributed by atoms with van der Waals surface area (Å²) in [7, 11) is 0. The summed E-state index contributed by atoms with van der Waals surface area (Å²) in [5, 5.41) is 3.30. The van der Waals surface area contributed by atoms with Gasteiger partial charge in [-0.15, -0.1) is 0 Å². The summed E-state index contributed by atoms with van der Waals surface area (Å²) in [4.78, 5) is 12.8. The van der Waals surface area contributed by atoms with E-state index in [1.54, 1.807) is 18.7 Å². The fourth-order valence-electron chi connectivity index (χ4n) is 1.99. The SMILES string of the molecule is CCNc1ncnc(-c2ccncc2)c1C(C)C. The monoisotopic (exact) mass is 242 g/mol. The van der Waals surface area contributed by atoms with Crippen molar-refractivity contribution in [3.8, 4) is 11.3 Å². The highest BCUT2D eigenvalue weighted by atomic mass is 15.0. The van der Waals surface area contributed by atoms with E-state index in [-0.39, 0.29) is 0 Å². The van der Waals surface area contributed by atoms with E-state index in [1.165, 1.54) is 0 Å². The molecule has 0 radical (unpaired) electrons. The quantitative estimate of drug-likeness (QED) is 0.895. The van der Waals surface area contributed by atoms with Crippen LogP contribution in [-0.2, 0) is 0 Å². The van der Waals surface area contributed by atoms with Gasteiger partial charge in [0.05, 0.1) is 5.69 Å². The van der Waals surface area contributed by atoms with Gasteiger partial charge >= 0.3 is 0 Å². The Morgan fingerprint density at radius 3 is 2.50 bits per heavy atom. The van der Waals surface area contributed by atoms with E-state index in [0.29, 0.717) is 5.92 Å². The number of hydrogen-bond donors (Lipinski definition) is 1. The largest absolute Gasteiger partial charge is 0.370 e. The van der Waals surface area contributed by atoms with Crippen molar-refractivity contribution in [2.75, 3.05) is 11.9 Å². The van der Waals surface area contributed by atoms with Gasteiger partial charge in [-0.2, -0.15) is 0 Å². The first kappa shape index (κ1) is 12.5. The van der Waals surface area contributed by atoms with Gasteiger partial charge in [-0.05, 0) is 25.0 Å². The van der Waals surface area contributed by atoms with Crippen LogP contribution in [0.25, 0.3) is 11.3 Å². The van der Waals surface area contributed by atoms with Crippen LogP contribution in [-0.4, -0.2) is 21.5 Å². The zero-order chi connectivity index (χ0) is 13.0. The van der Waals surface area contributed by atoms with Crippen LogP contribution in [0.15, 0.2) is 30.9 Å². The van der Waals surface area contributed by atoms with Crippen LogP contribution in [0.3, 0.4) is 0 Å². The van der Waals surface area contributed by atoms with Gasteiger partial charge in [0.1, 0.15) is 12.1 Å². The first-order chi connectivity index (χ1) is 8.74. The molecule has 0 bridgehead atoms. The van der Waals surface area contributed by atoms with Gasteiger partial charge in [0.2, 0.25) is 0 Å². The maximum absolute atomic E-state index is 4.43. The molecule has 1 N–H and O–H groups in total. The van der Waals surface area contributed by atoms with Crippen molar-refractivity contribution in [2.24, 2.45) is 0 Å². The van der Waals surface area contributed by atoms with Crippen molar-refractivity contribution in [3.63, 3.8) is 0 Å². The molecule has 0 aliphatic carbocycles. The van der Waals surface area contributed by atoms with E-state index < -0.39 is 0 Å². The molecule has 0 fully saturated rings. The second-order valence-corrected chi connectivity index (χ2v) is 4.41. The highest BCUT2D eigenvalue weighted by Crippen LogP contribution is 2.31. The number of aromatic nitrogens is 3. The van der Waals surface area contributed by atoms with Gasteiger partial charge in [0.25, 0.3) is 0 Å². The third-order valence-electron chi connectivity index (χ3n) is 2.76. The summed E-state index contributed by atoms with van der Waals surface area (Å²) in [6, 6.07) is 3.95. The van der Waals surface area contributed by atoms with Crippen LogP contribution in [0.1, 0.15) is 32.3 Å². The van der Waals surface area contributed by atoms with E-state index in [9.17, 15) is 0 Å². The van der Waals surface area contributed by atoms with E-state index in [2.05, 4.69) is 41.0 Å². The Morgan fingerprint density at radius 2 is 1.89 bits per heavy atom. The number of nitrogens with zero attached hydrogens (tertiary/aromatic N) is 3. The minimum Gasteiger partial charge on any atom is -0.370 e. The normalized spacial score (nSPS) is 10.7. The summed E-state index contributed by atoms with van der Waals surface area (Å²) in [6.45, 7) is 7.24. The topological polar surface area (TPSA) is 50.7 Å². The fraction of sp³-hybridized carbons (Fsp3) is 0.357. The van der Waals surface area contributed by atoms with Crippen molar-refractivity contribution in [3.05, 3.63) is 36.4 Å². The van der Waals surface area contributed by atoms with Crippen LogP contribution in [0.2, 0.25) is 0 Å². The molecule has 0 aromatic carbocycles. The standard InChI is InChI=1S/C14H18N4/c1-4-16-14-12(10(2)3)13(17-9-18-14)11-5-7-15-8-6-11/h5-10H,4H2,1-3H3,(H,16,17,18). The Morgan fingerprint density at radius 1 is 1.17 bits per heavy atom. The molecule has 2 heterocycles. The Hall–Kier alpha value is -1.97. The average molecular weight is 242 g/mol. The lowest BCUT2D eigenvalue weighted by Crippen LogP contribution is -2.07. The summed E-state index contributed by atoms with van der Waals surface area (Å²) >= 11 is 0. The zero-order valence-corrected chi connectivity index (χ0v) is 11.0. The maximum Gasteiger partial charge on any atom is 0.133 e. The van der Waals surface area contributed by atoms with Gasteiger partial charge in [-0.3, -0.25) is 4.98 Å². The van der Waals surface area contributed by atoms with Crippen molar-refractivity contribution in [2.45, 2.75) is 26.7 Å². The lowest BCUT2D eigenvalue weighted by molar-refractivity contribution is 0.849. The van der Waals surface area contributed by atoms with Gasteiger partial charge in [-0.1, -0.05) is 13.8 Å². The third-order valence-corrected chi connectivity index (χ3v) is 2.76. The molecule has 4 nitrogen and oxygen atoms in total. The lowest BCUT2D eigenvalue weighted by Gasteiger charge is -2.16. The highest BCUT2D eigenvalue weighted by molar-refractivity contribution is 5.68. The number of nitrogens with one attached hydrogen (secondary N) is 1. The van der Waals surface area contributed by atoms with Crippen LogP contribution >= 0.6 is 0 Å². The first-order valence-corrected chi connectivity index (χ1v) is 6.23. The summed E-state index contributed by atoms with van der Waals surface area (Å²) in [5.41, 5.74) is 3.22.